The maximum absolute atomic E-state index is 12.0. The first-order valence-corrected chi connectivity index (χ1v) is 8.20. The Balaban J connectivity index is 1.64. The number of fused-ring (bicyclic) bond motifs is 1. The molecule has 4 nitrogen and oxygen atoms in total. The van der Waals surface area contributed by atoms with Gasteiger partial charge in [0.25, 0.3) is 5.91 Å². The van der Waals surface area contributed by atoms with Crippen LogP contribution in [0.1, 0.15) is 0 Å². The molecule has 0 aromatic heterocycles. The molecule has 0 saturated carbocycles. The molecule has 3 rings (SSSR count). The van der Waals surface area contributed by atoms with Gasteiger partial charge in [-0.05, 0) is 57.0 Å². The van der Waals surface area contributed by atoms with Crippen LogP contribution in [0.15, 0.2) is 65.1 Å². The molecule has 122 valence electrons. The number of hydrogen-bond donors (Lipinski definition) is 1. The van der Waals surface area contributed by atoms with E-state index in [1.807, 2.05) is 36.4 Å². The van der Waals surface area contributed by atoms with Crippen molar-refractivity contribution < 1.29 is 14.3 Å². The third-order valence-corrected chi connectivity index (χ3v) is 4.38. The molecule has 0 bridgehead atoms. The van der Waals surface area contributed by atoms with Crippen LogP contribution in [-0.4, -0.2) is 19.6 Å². The van der Waals surface area contributed by atoms with Crippen molar-refractivity contribution in [1.82, 2.24) is 0 Å². The summed E-state index contributed by atoms with van der Waals surface area (Å²) in [5.74, 6) is 1.16. The highest BCUT2D eigenvalue weighted by Crippen LogP contribution is 2.33. The Morgan fingerprint density at radius 2 is 1.79 bits per heavy atom. The molecule has 0 heterocycles. The van der Waals surface area contributed by atoms with Crippen molar-refractivity contribution in [3.63, 3.8) is 0 Å². The van der Waals surface area contributed by atoms with Crippen LogP contribution in [0.25, 0.3) is 10.8 Å². The molecular weight excluding hydrogens is 370 g/mol. The Bertz CT molecular complexity index is 862. The van der Waals surface area contributed by atoms with Gasteiger partial charge in [0.2, 0.25) is 0 Å². The number of benzene rings is 3. The number of anilines is 1. The molecule has 5 heteroatoms. The van der Waals surface area contributed by atoms with Gasteiger partial charge in [-0.15, -0.1) is 0 Å². The third-order valence-electron chi connectivity index (χ3n) is 3.56. The largest absolute Gasteiger partial charge is 0.497 e. The topological polar surface area (TPSA) is 47.6 Å². The molecule has 1 amide bonds. The number of amides is 1. The first-order valence-electron chi connectivity index (χ1n) is 7.41. The molecule has 0 spiro atoms. The van der Waals surface area contributed by atoms with Gasteiger partial charge in [0.1, 0.15) is 11.5 Å². The van der Waals surface area contributed by atoms with E-state index in [9.17, 15) is 4.79 Å². The molecule has 1 N–H and O–H groups in total. The minimum atomic E-state index is -0.222. The van der Waals surface area contributed by atoms with Gasteiger partial charge in [0, 0.05) is 5.69 Å². The summed E-state index contributed by atoms with van der Waals surface area (Å²) in [6.45, 7) is -0.0665. The zero-order chi connectivity index (χ0) is 16.9. The summed E-state index contributed by atoms with van der Waals surface area (Å²) in [4.78, 5) is 12.0. The summed E-state index contributed by atoms with van der Waals surface area (Å²) in [7, 11) is 1.60. The van der Waals surface area contributed by atoms with Crippen LogP contribution in [-0.2, 0) is 4.79 Å². The van der Waals surface area contributed by atoms with Crippen molar-refractivity contribution in [3.8, 4) is 11.5 Å². The number of nitrogens with one attached hydrogen (secondary N) is 1. The van der Waals surface area contributed by atoms with Crippen molar-refractivity contribution in [2.24, 2.45) is 0 Å². The standard InChI is InChI=1S/C19H16BrNO3/c1-23-15-9-7-14(8-10-15)21-18(22)12-24-17-11-6-13-4-2-3-5-16(13)19(17)20/h2-11H,12H2,1H3,(H,21,22). The Hall–Kier alpha value is -2.53. The van der Waals surface area contributed by atoms with Crippen LogP contribution >= 0.6 is 15.9 Å². The molecule has 0 aliphatic rings. The molecule has 0 saturated heterocycles. The van der Waals surface area contributed by atoms with E-state index in [4.69, 9.17) is 9.47 Å². The Morgan fingerprint density at radius 3 is 2.54 bits per heavy atom. The predicted molar refractivity (Wildman–Crippen MR) is 98.8 cm³/mol. The van der Waals surface area contributed by atoms with Gasteiger partial charge < -0.3 is 14.8 Å². The lowest BCUT2D eigenvalue weighted by atomic mass is 10.1. The van der Waals surface area contributed by atoms with Crippen molar-refractivity contribution in [1.29, 1.82) is 0 Å². The summed E-state index contributed by atoms with van der Waals surface area (Å²) < 4.78 is 11.6. The average molecular weight is 386 g/mol. The summed E-state index contributed by atoms with van der Waals surface area (Å²) in [6.07, 6.45) is 0. The van der Waals surface area contributed by atoms with Crippen molar-refractivity contribution in [2.75, 3.05) is 19.0 Å². The van der Waals surface area contributed by atoms with Gasteiger partial charge in [-0.3, -0.25) is 4.79 Å². The summed E-state index contributed by atoms with van der Waals surface area (Å²) in [5, 5.41) is 4.94. The lowest BCUT2D eigenvalue weighted by molar-refractivity contribution is -0.118. The van der Waals surface area contributed by atoms with E-state index in [2.05, 4.69) is 21.2 Å². The summed E-state index contributed by atoms with van der Waals surface area (Å²) >= 11 is 3.54. The second kappa shape index (κ2) is 7.36. The molecule has 0 aliphatic heterocycles. The van der Waals surface area contributed by atoms with Gasteiger partial charge >= 0.3 is 0 Å². The van der Waals surface area contributed by atoms with Crippen LogP contribution in [0, 0.1) is 0 Å². The molecule has 0 fully saturated rings. The first-order chi connectivity index (χ1) is 11.7. The number of carbonyl (C=O) groups excluding carboxylic acids is 1. The highest BCUT2D eigenvalue weighted by atomic mass is 79.9. The normalized spacial score (nSPS) is 10.4. The molecule has 3 aromatic carbocycles. The predicted octanol–water partition coefficient (Wildman–Crippen LogP) is 4.63. The number of ether oxygens (including phenoxy) is 2. The van der Waals surface area contributed by atoms with Crippen LogP contribution in [0.4, 0.5) is 5.69 Å². The second-order valence-electron chi connectivity index (χ2n) is 5.16. The molecule has 24 heavy (non-hydrogen) atoms. The molecule has 0 aliphatic carbocycles. The maximum Gasteiger partial charge on any atom is 0.262 e. The fourth-order valence-electron chi connectivity index (χ4n) is 2.34. The molecular formula is C19H16BrNO3. The molecule has 0 radical (unpaired) electrons. The number of carbonyl (C=O) groups is 1. The highest BCUT2D eigenvalue weighted by Gasteiger charge is 2.09. The van der Waals surface area contributed by atoms with E-state index in [-0.39, 0.29) is 12.5 Å². The Kier molecular flexibility index (Phi) is 5.01. The lowest BCUT2D eigenvalue weighted by Gasteiger charge is -2.11. The zero-order valence-electron chi connectivity index (χ0n) is 13.1. The molecule has 0 atom stereocenters. The SMILES string of the molecule is COc1ccc(NC(=O)COc2ccc3ccccc3c2Br)cc1. The van der Waals surface area contributed by atoms with Crippen LogP contribution in [0.2, 0.25) is 0 Å². The van der Waals surface area contributed by atoms with Gasteiger partial charge in [0.15, 0.2) is 6.61 Å². The van der Waals surface area contributed by atoms with E-state index >= 15 is 0 Å². The third kappa shape index (κ3) is 3.68. The first kappa shape index (κ1) is 16.3. The van der Waals surface area contributed by atoms with Crippen LogP contribution in [0.5, 0.6) is 11.5 Å². The van der Waals surface area contributed by atoms with Crippen molar-refractivity contribution >= 4 is 38.3 Å². The van der Waals surface area contributed by atoms with Gasteiger partial charge in [0.05, 0.1) is 11.6 Å². The highest BCUT2D eigenvalue weighted by molar-refractivity contribution is 9.10. The quantitative estimate of drug-likeness (QED) is 0.696. The van der Waals surface area contributed by atoms with E-state index in [0.29, 0.717) is 11.4 Å². The smallest absolute Gasteiger partial charge is 0.262 e. The van der Waals surface area contributed by atoms with Crippen molar-refractivity contribution in [3.05, 3.63) is 65.1 Å². The van der Waals surface area contributed by atoms with Crippen LogP contribution in [0.3, 0.4) is 0 Å². The van der Waals surface area contributed by atoms with Gasteiger partial charge in [-0.1, -0.05) is 30.3 Å². The fraction of sp³-hybridized carbons (Fsp3) is 0.105. The van der Waals surface area contributed by atoms with Crippen molar-refractivity contribution in [2.45, 2.75) is 0 Å². The number of hydrogen-bond acceptors (Lipinski definition) is 3. The summed E-state index contributed by atoms with van der Waals surface area (Å²) in [6, 6.07) is 18.9. The Labute approximate surface area is 148 Å². The zero-order valence-corrected chi connectivity index (χ0v) is 14.7. The number of methoxy groups -OCH3 is 1. The minimum Gasteiger partial charge on any atom is -0.497 e. The molecule has 3 aromatic rings. The van der Waals surface area contributed by atoms with Crippen LogP contribution < -0.4 is 14.8 Å². The Morgan fingerprint density at radius 1 is 1.04 bits per heavy atom. The van der Waals surface area contributed by atoms with Gasteiger partial charge in [-0.25, -0.2) is 0 Å². The van der Waals surface area contributed by atoms with Gasteiger partial charge in [-0.2, -0.15) is 0 Å². The second-order valence-corrected chi connectivity index (χ2v) is 5.96. The monoisotopic (exact) mass is 385 g/mol. The number of rotatable bonds is 5. The lowest BCUT2D eigenvalue weighted by Crippen LogP contribution is -2.20. The average Bonchev–Trinajstić information content (AvgIpc) is 2.62. The minimum absolute atomic E-state index is 0.0665. The maximum atomic E-state index is 12.0. The number of halogens is 1. The summed E-state index contributed by atoms with van der Waals surface area (Å²) in [5.41, 5.74) is 0.696. The molecule has 0 unspecified atom stereocenters. The van der Waals surface area contributed by atoms with E-state index < -0.39 is 0 Å². The van der Waals surface area contributed by atoms with E-state index in [0.717, 1.165) is 21.0 Å². The van der Waals surface area contributed by atoms with E-state index in [1.165, 1.54) is 0 Å². The fourth-order valence-corrected chi connectivity index (χ4v) is 2.95. The van der Waals surface area contributed by atoms with E-state index in [1.54, 1.807) is 31.4 Å².